The van der Waals surface area contributed by atoms with E-state index in [1.807, 2.05) is 12.3 Å². The standard InChI is InChI=1S/C15H21N3O2/c1-12(19)10-15(20)18-8-6-17(7-9-18)13(2)14-4-3-5-16-11-14/h3-5,11,13H,6-10H2,1-2H3. The molecule has 0 aliphatic carbocycles. The second-order valence-electron chi connectivity index (χ2n) is 5.26. The Kier molecular flexibility index (Phi) is 4.84. The molecule has 2 rings (SSSR count). The fourth-order valence-electron chi connectivity index (χ4n) is 2.52. The fraction of sp³-hybridized carbons (Fsp3) is 0.533. The lowest BCUT2D eigenvalue weighted by Crippen LogP contribution is -2.49. The summed E-state index contributed by atoms with van der Waals surface area (Å²) in [6.45, 7) is 6.66. The summed E-state index contributed by atoms with van der Waals surface area (Å²) in [7, 11) is 0. The van der Waals surface area contributed by atoms with E-state index in [1.54, 1.807) is 11.1 Å². The summed E-state index contributed by atoms with van der Waals surface area (Å²) in [4.78, 5) is 31.1. The number of nitrogens with zero attached hydrogens (tertiary/aromatic N) is 3. The number of carbonyl (C=O) groups is 2. The molecule has 0 bridgehead atoms. The molecule has 5 nitrogen and oxygen atoms in total. The minimum absolute atomic E-state index is 0.0260. The third-order valence-electron chi connectivity index (χ3n) is 3.78. The normalized spacial score (nSPS) is 17.8. The van der Waals surface area contributed by atoms with Gasteiger partial charge in [-0.25, -0.2) is 0 Å². The van der Waals surface area contributed by atoms with Gasteiger partial charge in [0.25, 0.3) is 0 Å². The molecule has 0 radical (unpaired) electrons. The highest BCUT2D eigenvalue weighted by atomic mass is 16.2. The van der Waals surface area contributed by atoms with E-state index in [-0.39, 0.29) is 18.1 Å². The van der Waals surface area contributed by atoms with Crippen LogP contribution in [0.5, 0.6) is 0 Å². The summed E-state index contributed by atoms with van der Waals surface area (Å²) in [6.07, 6.45) is 3.69. The van der Waals surface area contributed by atoms with Crippen molar-refractivity contribution < 1.29 is 9.59 Å². The van der Waals surface area contributed by atoms with Crippen molar-refractivity contribution in [2.45, 2.75) is 26.3 Å². The van der Waals surface area contributed by atoms with Gasteiger partial charge in [-0.05, 0) is 25.5 Å². The van der Waals surface area contributed by atoms with E-state index in [2.05, 4.69) is 22.9 Å². The average Bonchev–Trinajstić information content (AvgIpc) is 2.47. The van der Waals surface area contributed by atoms with Crippen molar-refractivity contribution in [2.24, 2.45) is 0 Å². The fourth-order valence-corrected chi connectivity index (χ4v) is 2.52. The molecular weight excluding hydrogens is 254 g/mol. The summed E-state index contributed by atoms with van der Waals surface area (Å²) < 4.78 is 0. The summed E-state index contributed by atoms with van der Waals surface area (Å²) in [5.41, 5.74) is 1.19. The zero-order valence-corrected chi connectivity index (χ0v) is 12.1. The van der Waals surface area contributed by atoms with Gasteiger partial charge < -0.3 is 4.90 Å². The van der Waals surface area contributed by atoms with E-state index >= 15 is 0 Å². The third kappa shape index (κ3) is 3.63. The van der Waals surface area contributed by atoms with Crippen LogP contribution in [0.2, 0.25) is 0 Å². The lowest BCUT2D eigenvalue weighted by molar-refractivity contribution is -0.136. The number of Topliss-reactive ketones (excluding diaryl/α,β-unsaturated/α-hetero) is 1. The van der Waals surface area contributed by atoms with Gasteiger partial charge in [-0.15, -0.1) is 0 Å². The zero-order chi connectivity index (χ0) is 14.5. The molecule has 0 aromatic carbocycles. The third-order valence-corrected chi connectivity index (χ3v) is 3.78. The maximum absolute atomic E-state index is 11.8. The summed E-state index contributed by atoms with van der Waals surface area (Å²) in [5.74, 6) is -0.118. The number of rotatable bonds is 4. The van der Waals surface area contributed by atoms with Crippen LogP contribution in [0.25, 0.3) is 0 Å². The van der Waals surface area contributed by atoms with Crippen LogP contribution in [0, 0.1) is 0 Å². The lowest BCUT2D eigenvalue weighted by atomic mass is 10.1. The minimum Gasteiger partial charge on any atom is -0.340 e. The number of piperazine rings is 1. The number of pyridine rings is 1. The molecule has 0 spiro atoms. The van der Waals surface area contributed by atoms with Gasteiger partial charge in [0.05, 0.1) is 6.42 Å². The summed E-state index contributed by atoms with van der Waals surface area (Å²) in [5, 5.41) is 0. The number of hydrogen-bond donors (Lipinski definition) is 0. The molecule has 1 atom stereocenters. The van der Waals surface area contributed by atoms with E-state index < -0.39 is 0 Å². The van der Waals surface area contributed by atoms with E-state index in [0.29, 0.717) is 19.1 Å². The maximum Gasteiger partial charge on any atom is 0.230 e. The molecule has 1 fully saturated rings. The minimum atomic E-state index is -0.0684. The molecular formula is C15H21N3O2. The van der Waals surface area contributed by atoms with E-state index in [4.69, 9.17) is 0 Å². The van der Waals surface area contributed by atoms with Crippen molar-refractivity contribution in [3.05, 3.63) is 30.1 Å². The van der Waals surface area contributed by atoms with Gasteiger partial charge in [0, 0.05) is 44.6 Å². The molecule has 1 aliphatic heterocycles. The first-order valence-electron chi connectivity index (χ1n) is 6.99. The first-order chi connectivity index (χ1) is 9.58. The van der Waals surface area contributed by atoms with Gasteiger partial charge in [-0.2, -0.15) is 0 Å². The second-order valence-corrected chi connectivity index (χ2v) is 5.26. The first-order valence-corrected chi connectivity index (χ1v) is 6.99. The van der Waals surface area contributed by atoms with Crippen molar-refractivity contribution in [2.75, 3.05) is 26.2 Å². The molecule has 1 amide bonds. The van der Waals surface area contributed by atoms with Crippen LogP contribution >= 0.6 is 0 Å². The molecule has 20 heavy (non-hydrogen) atoms. The highest BCUT2D eigenvalue weighted by Crippen LogP contribution is 2.20. The zero-order valence-electron chi connectivity index (χ0n) is 12.1. The highest BCUT2D eigenvalue weighted by molar-refractivity contribution is 5.96. The van der Waals surface area contributed by atoms with Crippen LogP contribution in [-0.4, -0.2) is 52.7 Å². The second kappa shape index (κ2) is 6.61. The van der Waals surface area contributed by atoms with Crippen molar-refractivity contribution in [3.63, 3.8) is 0 Å². The Labute approximate surface area is 119 Å². The van der Waals surface area contributed by atoms with Gasteiger partial charge in [-0.3, -0.25) is 19.5 Å². The molecule has 1 aliphatic rings. The Hall–Kier alpha value is -1.75. The van der Waals surface area contributed by atoms with Gasteiger partial charge in [-0.1, -0.05) is 6.07 Å². The number of aromatic nitrogens is 1. The summed E-state index contributed by atoms with van der Waals surface area (Å²) in [6, 6.07) is 4.32. The Balaban J connectivity index is 1.88. The molecule has 1 unspecified atom stereocenters. The smallest absolute Gasteiger partial charge is 0.230 e. The van der Waals surface area contributed by atoms with Crippen LogP contribution in [0.4, 0.5) is 0 Å². The molecule has 2 heterocycles. The first kappa shape index (κ1) is 14.7. The monoisotopic (exact) mass is 275 g/mol. The Bertz CT molecular complexity index is 467. The maximum atomic E-state index is 11.8. The Morgan fingerprint density at radius 1 is 1.30 bits per heavy atom. The van der Waals surface area contributed by atoms with Gasteiger partial charge in [0.1, 0.15) is 5.78 Å². The van der Waals surface area contributed by atoms with E-state index in [9.17, 15) is 9.59 Å². The van der Waals surface area contributed by atoms with Crippen LogP contribution in [-0.2, 0) is 9.59 Å². The number of carbonyl (C=O) groups excluding carboxylic acids is 2. The quantitative estimate of drug-likeness (QED) is 0.776. The van der Waals surface area contributed by atoms with Crippen molar-refractivity contribution in [3.8, 4) is 0 Å². The predicted molar refractivity (Wildman–Crippen MR) is 76.1 cm³/mol. The van der Waals surface area contributed by atoms with Gasteiger partial charge in [0.2, 0.25) is 5.91 Å². The molecule has 0 saturated carbocycles. The SMILES string of the molecule is CC(=O)CC(=O)N1CCN(C(C)c2cccnc2)CC1. The number of ketones is 1. The van der Waals surface area contributed by atoms with Crippen LogP contribution in [0.15, 0.2) is 24.5 Å². The summed E-state index contributed by atoms with van der Waals surface area (Å²) >= 11 is 0. The van der Waals surface area contributed by atoms with Crippen LogP contribution < -0.4 is 0 Å². The molecule has 1 saturated heterocycles. The van der Waals surface area contributed by atoms with Crippen LogP contribution in [0.1, 0.15) is 31.9 Å². The van der Waals surface area contributed by atoms with Gasteiger partial charge in [0.15, 0.2) is 0 Å². The Morgan fingerprint density at radius 2 is 2.00 bits per heavy atom. The topological polar surface area (TPSA) is 53.5 Å². The van der Waals surface area contributed by atoms with Crippen molar-refractivity contribution in [1.82, 2.24) is 14.8 Å². The number of amides is 1. The molecule has 1 aromatic rings. The molecule has 0 N–H and O–H groups in total. The lowest BCUT2D eigenvalue weighted by Gasteiger charge is -2.38. The predicted octanol–water partition coefficient (Wildman–Crippen LogP) is 1.27. The Morgan fingerprint density at radius 3 is 2.55 bits per heavy atom. The van der Waals surface area contributed by atoms with Crippen molar-refractivity contribution >= 4 is 11.7 Å². The largest absolute Gasteiger partial charge is 0.340 e. The van der Waals surface area contributed by atoms with E-state index in [0.717, 1.165) is 13.1 Å². The molecule has 5 heteroatoms. The highest BCUT2D eigenvalue weighted by Gasteiger charge is 2.25. The molecule has 1 aromatic heterocycles. The molecule has 108 valence electrons. The van der Waals surface area contributed by atoms with Crippen LogP contribution in [0.3, 0.4) is 0 Å². The van der Waals surface area contributed by atoms with Crippen molar-refractivity contribution in [1.29, 1.82) is 0 Å². The van der Waals surface area contributed by atoms with E-state index in [1.165, 1.54) is 12.5 Å². The number of hydrogen-bond acceptors (Lipinski definition) is 4. The van der Waals surface area contributed by atoms with Gasteiger partial charge >= 0.3 is 0 Å². The average molecular weight is 275 g/mol.